The van der Waals surface area contributed by atoms with E-state index in [0.717, 1.165) is 22.4 Å². The van der Waals surface area contributed by atoms with Gasteiger partial charge in [-0.1, -0.05) is 18.2 Å². The van der Waals surface area contributed by atoms with E-state index in [4.69, 9.17) is 10.5 Å². The van der Waals surface area contributed by atoms with Gasteiger partial charge in [-0.3, -0.25) is 0 Å². The lowest BCUT2D eigenvalue weighted by Crippen LogP contribution is -2.36. The summed E-state index contributed by atoms with van der Waals surface area (Å²) in [6, 6.07) is 15.8. The van der Waals surface area contributed by atoms with Gasteiger partial charge in [0.15, 0.2) is 0 Å². The van der Waals surface area contributed by atoms with Crippen LogP contribution in [0.2, 0.25) is 0 Å². The van der Waals surface area contributed by atoms with Crippen molar-refractivity contribution < 1.29 is 13.2 Å². The van der Waals surface area contributed by atoms with Crippen LogP contribution in [-0.2, 0) is 14.6 Å². The van der Waals surface area contributed by atoms with Gasteiger partial charge >= 0.3 is 0 Å². The maximum absolute atomic E-state index is 13.3. The summed E-state index contributed by atoms with van der Waals surface area (Å²) < 4.78 is 32.1. The number of morpholine rings is 1. The number of aromatic nitrogens is 1. The first-order chi connectivity index (χ1) is 13.9. The third-order valence-electron chi connectivity index (χ3n) is 5.07. The van der Waals surface area contributed by atoms with E-state index in [2.05, 4.69) is 9.88 Å². The van der Waals surface area contributed by atoms with Crippen molar-refractivity contribution in [1.82, 2.24) is 4.98 Å². The number of nitrogen functional groups attached to an aromatic ring is 1. The van der Waals surface area contributed by atoms with Crippen LogP contribution in [0.4, 0.5) is 11.5 Å². The Labute approximate surface area is 170 Å². The van der Waals surface area contributed by atoms with Crippen LogP contribution in [0.3, 0.4) is 0 Å². The van der Waals surface area contributed by atoms with Crippen molar-refractivity contribution in [2.45, 2.75) is 16.7 Å². The molecule has 0 saturated carbocycles. The molecule has 1 saturated heterocycles. The summed E-state index contributed by atoms with van der Waals surface area (Å²) in [4.78, 5) is 6.89. The molecule has 6 nitrogen and oxygen atoms in total. The number of hydrogen-bond donors (Lipinski definition) is 1. The van der Waals surface area contributed by atoms with Crippen molar-refractivity contribution in [1.29, 1.82) is 0 Å². The molecule has 1 aliphatic rings. The molecule has 0 amide bonds. The monoisotopic (exact) mass is 409 g/mol. The molecule has 1 aromatic heterocycles. The van der Waals surface area contributed by atoms with E-state index in [0.29, 0.717) is 32.1 Å². The SMILES string of the molecule is Cc1cc(N)ncc1-c1cc(N2CCOCC2)cc(S(=O)(=O)c2ccccc2)c1. The van der Waals surface area contributed by atoms with Crippen molar-refractivity contribution in [2.75, 3.05) is 36.9 Å². The second kappa shape index (κ2) is 7.85. The molecule has 150 valence electrons. The zero-order valence-electron chi connectivity index (χ0n) is 16.2. The quantitative estimate of drug-likeness (QED) is 0.712. The molecule has 29 heavy (non-hydrogen) atoms. The second-order valence-corrected chi connectivity index (χ2v) is 9.01. The van der Waals surface area contributed by atoms with Crippen molar-refractivity contribution in [3.63, 3.8) is 0 Å². The summed E-state index contributed by atoms with van der Waals surface area (Å²) in [5.74, 6) is 0.438. The molecular weight excluding hydrogens is 386 g/mol. The number of nitrogens with two attached hydrogens (primary N) is 1. The van der Waals surface area contributed by atoms with Crippen LogP contribution in [0.5, 0.6) is 0 Å². The lowest BCUT2D eigenvalue weighted by atomic mass is 10.0. The normalized spacial score (nSPS) is 14.7. The van der Waals surface area contributed by atoms with Gasteiger partial charge in [-0.05, 0) is 54.4 Å². The maximum atomic E-state index is 13.3. The molecule has 2 heterocycles. The Morgan fingerprint density at radius 2 is 1.72 bits per heavy atom. The van der Waals surface area contributed by atoms with Gasteiger partial charge in [-0.15, -0.1) is 0 Å². The molecule has 0 unspecified atom stereocenters. The molecule has 0 atom stereocenters. The van der Waals surface area contributed by atoms with E-state index in [9.17, 15) is 8.42 Å². The molecule has 0 spiro atoms. The van der Waals surface area contributed by atoms with E-state index in [1.807, 2.05) is 13.0 Å². The zero-order chi connectivity index (χ0) is 20.4. The predicted octanol–water partition coefficient (Wildman–Crippen LogP) is 3.31. The molecule has 2 aromatic carbocycles. The van der Waals surface area contributed by atoms with E-state index < -0.39 is 9.84 Å². The smallest absolute Gasteiger partial charge is 0.206 e. The molecule has 4 rings (SSSR count). The first-order valence-corrected chi connectivity index (χ1v) is 10.9. The van der Waals surface area contributed by atoms with Crippen LogP contribution < -0.4 is 10.6 Å². The Kier molecular flexibility index (Phi) is 5.25. The Hall–Kier alpha value is -2.90. The van der Waals surface area contributed by atoms with Crippen molar-refractivity contribution in [2.24, 2.45) is 0 Å². The van der Waals surface area contributed by atoms with Crippen LogP contribution in [0.25, 0.3) is 11.1 Å². The summed E-state index contributed by atoms with van der Waals surface area (Å²) in [5, 5.41) is 0. The van der Waals surface area contributed by atoms with E-state index in [1.54, 1.807) is 54.7 Å². The minimum atomic E-state index is -3.65. The zero-order valence-corrected chi connectivity index (χ0v) is 17.0. The van der Waals surface area contributed by atoms with Gasteiger partial charge in [-0.2, -0.15) is 0 Å². The lowest BCUT2D eigenvalue weighted by molar-refractivity contribution is 0.122. The number of hydrogen-bond acceptors (Lipinski definition) is 6. The molecular formula is C22H23N3O3S. The summed E-state index contributed by atoms with van der Waals surface area (Å²) in [7, 11) is -3.65. The van der Waals surface area contributed by atoms with Gasteiger partial charge in [-0.25, -0.2) is 13.4 Å². The fraction of sp³-hybridized carbons (Fsp3) is 0.227. The van der Waals surface area contributed by atoms with Crippen LogP contribution in [-0.4, -0.2) is 39.7 Å². The van der Waals surface area contributed by atoms with Gasteiger partial charge < -0.3 is 15.4 Å². The Bertz CT molecular complexity index is 1130. The molecule has 1 fully saturated rings. The van der Waals surface area contributed by atoms with Gasteiger partial charge in [0.2, 0.25) is 9.84 Å². The Morgan fingerprint density at radius 1 is 1.00 bits per heavy atom. The van der Waals surface area contributed by atoms with Crippen LogP contribution >= 0.6 is 0 Å². The average molecular weight is 410 g/mol. The highest BCUT2D eigenvalue weighted by Gasteiger charge is 2.22. The minimum absolute atomic E-state index is 0.263. The highest BCUT2D eigenvalue weighted by Crippen LogP contribution is 2.33. The molecule has 3 aromatic rings. The summed E-state index contributed by atoms with van der Waals surface area (Å²) in [6.07, 6.45) is 1.70. The van der Waals surface area contributed by atoms with Gasteiger partial charge in [0, 0.05) is 30.5 Å². The largest absolute Gasteiger partial charge is 0.384 e. The number of anilines is 2. The van der Waals surface area contributed by atoms with Crippen molar-refractivity contribution >= 4 is 21.3 Å². The molecule has 0 radical (unpaired) electrons. The average Bonchev–Trinajstić information content (AvgIpc) is 2.74. The number of rotatable bonds is 4. The minimum Gasteiger partial charge on any atom is -0.384 e. The first kappa shape index (κ1) is 19.4. The molecule has 0 aliphatic carbocycles. The fourth-order valence-corrected chi connectivity index (χ4v) is 4.86. The molecule has 1 aliphatic heterocycles. The van der Waals surface area contributed by atoms with Gasteiger partial charge in [0.1, 0.15) is 5.82 Å². The fourth-order valence-electron chi connectivity index (χ4n) is 3.51. The molecule has 2 N–H and O–H groups in total. The standard InChI is InChI=1S/C22H23N3O3S/c1-16-11-22(23)24-15-21(16)17-12-18(25-7-9-28-10-8-25)14-20(13-17)29(26,27)19-5-3-2-4-6-19/h2-6,11-15H,7-10H2,1H3,(H2,23,24). The maximum Gasteiger partial charge on any atom is 0.206 e. The third-order valence-corrected chi connectivity index (χ3v) is 6.82. The molecule has 7 heteroatoms. The number of sulfone groups is 1. The van der Waals surface area contributed by atoms with Gasteiger partial charge in [0.25, 0.3) is 0 Å². The number of pyridine rings is 1. The highest BCUT2D eigenvalue weighted by molar-refractivity contribution is 7.91. The third kappa shape index (κ3) is 3.97. The highest BCUT2D eigenvalue weighted by atomic mass is 32.2. The van der Waals surface area contributed by atoms with Crippen molar-refractivity contribution in [3.05, 3.63) is 66.4 Å². The summed E-state index contributed by atoms with van der Waals surface area (Å²) in [6.45, 7) is 4.61. The predicted molar refractivity (Wildman–Crippen MR) is 114 cm³/mol. The number of nitrogens with zero attached hydrogens (tertiary/aromatic N) is 2. The molecule has 0 bridgehead atoms. The number of ether oxygens (including phenoxy) is 1. The van der Waals surface area contributed by atoms with Crippen LogP contribution in [0.15, 0.2) is 70.6 Å². The van der Waals surface area contributed by atoms with Crippen LogP contribution in [0, 0.1) is 6.92 Å². The van der Waals surface area contributed by atoms with E-state index in [-0.39, 0.29) is 9.79 Å². The number of aryl methyl sites for hydroxylation is 1. The van der Waals surface area contributed by atoms with Crippen molar-refractivity contribution in [3.8, 4) is 11.1 Å². The lowest BCUT2D eigenvalue weighted by Gasteiger charge is -2.29. The summed E-state index contributed by atoms with van der Waals surface area (Å²) in [5.41, 5.74) is 9.26. The van der Waals surface area contributed by atoms with E-state index in [1.165, 1.54) is 0 Å². The van der Waals surface area contributed by atoms with Crippen LogP contribution in [0.1, 0.15) is 5.56 Å². The Balaban J connectivity index is 1.89. The second-order valence-electron chi connectivity index (χ2n) is 7.06. The Morgan fingerprint density at radius 3 is 2.41 bits per heavy atom. The number of benzene rings is 2. The first-order valence-electron chi connectivity index (χ1n) is 9.45. The summed E-state index contributed by atoms with van der Waals surface area (Å²) >= 11 is 0. The van der Waals surface area contributed by atoms with Gasteiger partial charge in [0.05, 0.1) is 23.0 Å². The van der Waals surface area contributed by atoms with E-state index >= 15 is 0 Å². The topological polar surface area (TPSA) is 85.5 Å².